The molecule has 1 heterocycles. The van der Waals surface area contributed by atoms with E-state index < -0.39 is 5.97 Å². The molecule has 1 aromatic heterocycles. The summed E-state index contributed by atoms with van der Waals surface area (Å²) in [6, 6.07) is -0.212. The second kappa shape index (κ2) is 6.56. The standard InChI is InChI=1S/C13H23N3O3/c1-6-16(7-2)10(8-11(17)18)12-9(3)14-15(4)13(12)19-5/h10H,6-8H2,1-5H3,(H,17,18). The molecular formula is C13H23N3O3. The van der Waals surface area contributed by atoms with Gasteiger partial charge in [-0.05, 0) is 20.0 Å². The smallest absolute Gasteiger partial charge is 0.305 e. The molecule has 0 saturated carbocycles. The Morgan fingerprint density at radius 3 is 2.47 bits per heavy atom. The quantitative estimate of drug-likeness (QED) is 0.814. The van der Waals surface area contributed by atoms with Gasteiger partial charge in [0, 0.05) is 7.05 Å². The van der Waals surface area contributed by atoms with E-state index in [4.69, 9.17) is 9.84 Å². The molecule has 1 atom stereocenters. The van der Waals surface area contributed by atoms with Gasteiger partial charge < -0.3 is 9.84 Å². The van der Waals surface area contributed by atoms with E-state index in [-0.39, 0.29) is 12.5 Å². The summed E-state index contributed by atoms with van der Waals surface area (Å²) in [6.07, 6.45) is 0.0462. The lowest BCUT2D eigenvalue weighted by Crippen LogP contribution is -2.30. The summed E-state index contributed by atoms with van der Waals surface area (Å²) in [5.74, 6) is -0.183. The molecule has 0 aliphatic carbocycles. The maximum absolute atomic E-state index is 11.1. The number of hydrogen-bond acceptors (Lipinski definition) is 4. The average molecular weight is 269 g/mol. The molecule has 6 heteroatoms. The van der Waals surface area contributed by atoms with Crippen LogP contribution in [0, 0.1) is 6.92 Å². The van der Waals surface area contributed by atoms with Crippen LogP contribution >= 0.6 is 0 Å². The van der Waals surface area contributed by atoms with Gasteiger partial charge in [-0.25, -0.2) is 4.68 Å². The molecule has 1 rings (SSSR count). The van der Waals surface area contributed by atoms with E-state index in [0.29, 0.717) is 5.88 Å². The summed E-state index contributed by atoms with van der Waals surface area (Å²) in [4.78, 5) is 13.3. The van der Waals surface area contributed by atoms with E-state index in [1.807, 2.05) is 20.8 Å². The van der Waals surface area contributed by atoms with Crippen LogP contribution in [0.1, 0.15) is 37.6 Å². The van der Waals surface area contributed by atoms with Gasteiger partial charge in [0.15, 0.2) is 0 Å². The number of rotatable bonds is 7. The Labute approximate surface area is 114 Å². The fourth-order valence-electron chi connectivity index (χ4n) is 2.52. The van der Waals surface area contributed by atoms with Gasteiger partial charge in [0.1, 0.15) is 0 Å². The van der Waals surface area contributed by atoms with Gasteiger partial charge in [0.2, 0.25) is 5.88 Å². The molecule has 0 aliphatic heterocycles. The van der Waals surface area contributed by atoms with Gasteiger partial charge in [-0.3, -0.25) is 9.69 Å². The topological polar surface area (TPSA) is 67.6 Å². The van der Waals surface area contributed by atoms with E-state index in [9.17, 15) is 4.79 Å². The van der Waals surface area contributed by atoms with Crippen molar-refractivity contribution in [2.45, 2.75) is 33.2 Å². The van der Waals surface area contributed by atoms with E-state index >= 15 is 0 Å². The van der Waals surface area contributed by atoms with Gasteiger partial charge in [0.05, 0.1) is 30.8 Å². The number of nitrogens with zero attached hydrogens (tertiary/aromatic N) is 3. The maximum atomic E-state index is 11.1. The lowest BCUT2D eigenvalue weighted by molar-refractivity contribution is -0.138. The molecule has 0 aromatic carbocycles. The Bertz CT molecular complexity index is 439. The Morgan fingerprint density at radius 2 is 2.05 bits per heavy atom. The van der Waals surface area contributed by atoms with Crippen LogP contribution in [0.3, 0.4) is 0 Å². The zero-order valence-electron chi connectivity index (χ0n) is 12.3. The van der Waals surface area contributed by atoms with Gasteiger partial charge in [0.25, 0.3) is 0 Å². The summed E-state index contributed by atoms with van der Waals surface area (Å²) in [7, 11) is 3.38. The number of aliphatic carboxylic acids is 1. The molecule has 6 nitrogen and oxygen atoms in total. The maximum Gasteiger partial charge on any atom is 0.305 e. The van der Waals surface area contributed by atoms with Crippen molar-refractivity contribution in [3.05, 3.63) is 11.3 Å². The minimum absolute atomic E-state index is 0.0462. The number of carbonyl (C=O) groups is 1. The van der Waals surface area contributed by atoms with Crippen molar-refractivity contribution < 1.29 is 14.6 Å². The average Bonchev–Trinajstić information content (AvgIpc) is 2.63. The highest BCUT2D eigenvalue weighted by Gasteiger charge is 2.29. The second-order valence-corrected chi connectivity index (χ2v) is 4.47. The minimum Gasteiger partial charge on any atom is -0.481 e. The predicted octanol–water partition coefficient (Wildman–Crippen LogP) is 1.59. The summed E-state index contributed by atoms with van der Waals surface area (Å²) < 4.78 is 7.04. The van der Waals surface area contributed by atoms with Crippen LogP contribution < -0.4 is 4.74 Å². The Kier molecular flexibility index (Phi) is 5.35. The highest BCUT2D eigenvalue weighted by Crippen LogP contribution is 2.34. The van der Waals surface area contributed by atoms with E-state index in [0.717, 1.165) is 24.3 Å². The van der Waals surface area contributed by atoms with Crippen LogP contribution in [0.4, 0.5) is 0 Å². The first-order valence-electron chi connectivity index (χ1n) is 6.49. The molecule has 0 radical (unpaired) electrons. The van der Waals surface area contributed by atoms with Gasteiger partial charge in [-0.2, -0.15) is 5.10 Å². The number of ether oxygens (including phenoxy) is 1. The predicted molar refractivity (Wildman–Crippen MR) is 72.4 cm³/mol. The van der Waals surface area contributed by atoms with E-state index in [1.165, 1.54) is 0 Å². The number of methoxy groups -OCH3 is 1. The number of aromatic nitrogens is 2. The normalized spacial score (nSPS) is 12.7. The van der Waals surface area contributed by atoms with Crippen LogP contribution in [0.15, 0.2) is 0 Å². The summed E-state index contributed by atoms with van der Waals surface area (Å²) >= 11 is 0. The number of aryl methyl sites for hydroxylation is 2. The van der Waals surface area contributed by atoms with Crippen LogP contribution in [0.2, 0.25) is 0 Å². The molecule has 1 unspecified atom stereocenters. The van der Waals surface area contributed by atoms with Crippen LogP contribution in [-0.2, 0) is 11.8 Å². The molecule has 108 valence electrons. The lowest BCUT2D eigenvalue weighted by Gasteiger charge is -2.28. The molecule has 1 N–H and O–H groups in total. The van der Waals surface area contributed by atoms with Crippen molar-refractivity contribution in [1.82, 2.24) is 14.7 Å². The van der Waals surface area contributed by atoms with Gasteiger partial charge in [-0.1, -0.05) is 13.8 Å². The third kappa shape index (κ3) is 3.26. The number of carboxylic acids is 1. The fourth-order valence-corrected chi connectivity index (χ4v) is 2.52. The zero-order valence-corrected chi connectivity index (χ0v) is 12.3. The largest absolute Gasteiger partial charge is 0.481 e. The van der Waals surface area contributed by atoms with Crippen molar-refractivity contribution >= 4 is 5.97 Å². The van der Waals surface area contributed by atoms with Gasteiger partial charge >= 0.3 is 5.97 Å². The van der Waals surface area contributed by atoms with Crippen LogP contribution in [0.25, 0.3) is 0 Å². The molecule has 0 saturated heterocycles. The fraction of sp³-hybridized carbons (Fsp3) is 0.692. The molecule has 0 aliphatic rings. The first-order valence-corrected chi connectivity index (χ1v) is 6.49. The van der Waals surface area contributed by atoms with Crippen molar-refractivity contribution in [3.63, 3.8) is 0 Å². The number of carboxylic acid groups (broad SMARTS) is 1. The Hall–Kier alpha value is -1.56. The molecule has 0 fully saturated rings. The first kappa shape index (κ1) is 15.5. The monoisotopic (exact) mass is 269 g/mol. The van der Waals surface area contributed by atoms with Crippen molar-refractivity contribution in [1.29, 1.82) is 0 Å². The summed E-state index contributed by atoms with van der Waals surface area (Å²) in [6.45, 7) is 7.50. The third-order valence-electron chi connectivity index (χ3n) is 3.36. The van der Waals surface area contributed by atoms with Crippen molar-refractivity contribution in [3.8, 4) is 5.88 Å². The molecule has 0 bridgehead atoms. The van der Waals surface area contributed by atoms with Crippen LogP contribution in [0.5, 0.6) is 5.88 Å². The molecule has 19 heavy (non-hydrogen) atoms. The Morgan fingerprint density at radius 1 is 1.47 bits per heavy atom. The van der Waals surface area contributed by atoms with Crippen LogP contribution in [-0.4, -0.2) is 46.0 Å². The Balaban J connectivity index is 3.27. The molecular weight excluding hydrogens is 246 g/mol. The minimum atomic E-state index is -0.817. The highest BCUT2D eigenvalue weighted by molar-refractivity contribution is 5.68. The zero-order chi connectivity index (χ0) is 14.6. The molecule has 0 amide bonds. The molecule has 1 aromatic rings. The van der Waals surface area contributed by atoms with Crippen molar-refractivity contribution in [2.24, 2.45) is 7.05 Å². The highest BCUT2D eigenvalue weighted by atomic mass is 16.5. The third-order valence-corrected chi connectivity index (χ3v) is 3.36. The number of hydrogen-bond donors (Lipinski definition) is 1. The van der Waals surface area contributed by atoms with E-state index in [2.05, 4.69) is 10.00 Å². The molecule has 0 spiro atoms. The SMILES string of the molecule is CCN(CC)C(CC(=O)O)c1c(C)nn(C)c1OC. The first-order chi connectivity index (χ1) is 8.96. The van der Waals surface area contributed by atoms with Gasteiger partial charge in [-0.15, -0.1) is 0 Å². The summed E-state index contributed by atoms with van der Waals surface area (Å²) in [5.41, 5.74) is 1.69. The second-order valence-electron chi connectivity index (χ2n) is 4.47. The lowest BCUT2D eigenvalue weighted by atomic mass is 10.0. The van der Waals surface area contributed by atoms with E-state index in [1.54, 1.807) is 18.8 Å². The summed E-state index contributed by atoms with van der Waals surface area (Å²) in [5, 5.41) is 13.5. The van der Waals surface area contributed by atoms with Crippen molar-refractivity contribution in [2.75, 3.05) is 20.2 Å².